The molecule has 1 atom stereocenters. The molecule has 0 spiro atoms. The standard InChI is InChI=1S/C15H20N2O/c1-11(2)17-8-7-14(16-17)10-15(18)13-6-4-5-12(3)9-13/h4-9,11,15,18H,10H2,1-3H3. The molecule has 1 N–H and O–H groups in total. The molecule has 2 aromatic rings. The van der Waals surface area contributed by atoms with Gasteiger partial charge in [-0.25, -0.2) is 0 Å². The van der Waals surface area contributed by atoms with Crippen molar-refractivity contribution in [2.45, 2.75) is 39.3 Å². The van der Waals surface area contributed by atoms with Gasteiger partial charge in [0.2, 0.25) is 0 Å². The van der Waals surface area contributed by atoms with Crippen LogP contribution in [0.3, 0.4) is 0 Å². The van der Waals surface area contributed by atoms with E-state index in [2.05, 4.69) is 18.9 Å². The quantitative estimate of drug-likeness (QED) is 0.897. The van der Waals surface area contributed by atoms with Crippen molar-refractivity contribution in [3.63, 3.8) is 0 Å². The van der Waals surface area contributed by atoms with Crippen LogP contribution in [0.5, 0.6) is 0 Å². The molecule has 3 heteroatoms. The molecule has 2 rings (SSSR count). The third kappa shape index (κ3) is 2.99. The van der Waals surface area contributed by atoms with Crippen LogP contribution in [0.1, 0.15) is 42.8 Å². The smallest absolute Gasteiger partial charge is 0.0846 e. The zero-order chi connectivity index (χ0) is 13.1. The molecule has 1 aromatic carbocycles. The first-order valence-electron chi connectivity index (χ1n) is 6.35. The van der Waals surface area contributed by atoms with Crippen molar-refractivity contribution in [1.82, 2.24) is 9.78 Å². The summed E-state index contributed by atoms with van der Waals surface area (Å²) in [4.78, 5) is 0. The predicted molar refractivity (Wildman–Crippen MR) is 72.5 cm³/mol. The Kier molecular flexibility index (Phi) is 3.82. The van der Waals surface area contributed by atoms with E-state index in [1.807, 2.05) is 48.1 Å². The topological polar surface area (TPSA) is 38.0 Å². The fourth-order valence-corrected chi connectivity index (χ4v) is 1.97. The van der Waals surface area contributed by atoms with Crippen molar-refractivity contribution in [1.29, 1.82) is 0 Å². The molecule has 96 valence electrons. The fourth-order valence-electron chi connectivity index (χ4n) is 1.97. The Labute approximate surface area is 108 Å². The van der Waals surface area contributed by atoms with E-state index in [9.17, 15) is 5.11 Å². The van der Waals surface area contributed by atoms with Gasteiger partial charge in [-0.1, -0.05) is 29.8 Å². The van der Waals surface area contributed by atoms with Crippen molar-refractivity contribution >= 4 is 0 Å². The van der Waals surface area contributed by atoms with Gasteiger partial charge in [0.1, 0.15) is 0 Å². The Morgan fingerprint density at radius 2 is 2.06 bits per heavy atom. The van der Waals surface area contributed by atoms with E-state index < -0.39 is 6.10 Å². The van der Waals surface area contributed by atoms with Gasteiger partial charge in [0.05, 0.1) is 11.8 Å². The van der Waals surface area contributed by atoms with Crippen LogP contribution in [-0.2, 0) is 6.42 Å². The molecule has 1 aromatic heterocycles. The van der Waals surface area contributed by atoms with Crippen LogP contribution in [0.2, 0.25) is 0 Å². The van der Waals surface area contributed by atoms with Crippen molar-refractivity contribution in [3.05, 3.63) is 53.3 Å². The number of hydrogen-bond acceptors (Lipinski definition) is 2. The molecule has 18 heavy (non-hydrogen) atoms. The normalized spacial score (nSPS) is 12.9. The fraction of sp³-hybridized carbons (Fsp3) is 0.400. The van der Waals surface area contributed by atoms with Crippen LogP contribution < -0.4 is 0 Å². The lowest BCUT2D eigenvalue weighted by atomic mass is 10.0. The summed E-state index contributed by atoms with van der Waals surface area (Å²) in [5.74, 6) is 0. The highest BCUT2D eigenvalue weighted by molar-refractivity contribution is 5.25. The summed E-state index contributed by atoms with van der Waals surface area (Å²) in [7, 11) is 0. The van der Waals surface area contributed by atoms with Gasteiger partial charge < -0.3 is 5.11 Å². The lowest BCUT2D eigenvalue weighted by Crippen LogP contribution is -2.05. The number of benzene rings is 1. The Morgan fingerprint density at radius 1 is 1.28 bits per heavy atom. The molecule has 0 saturated carbocycles. The maximum atomic E-state index is 10.2. The summed E-state index contributed by atoms with van der Waals surface area (Å²) in [6.07, 6.45) is 2.03. The van der Waals surface area contributed by atoms with E-state index in [0.29, 0.717) is 12.5 Å². The third-order valence-corrected chi connectivity index (χ3v) is 3.02. The van der Waals surface area contributed by atoms with Crippen LogP contribution in [0, 0.1) is 6.92 Å². The molecule has 0 aliphatic rings. The van der Waals surface area contributed by atoms with Crippen molar-refractivity contribution in [3.8, 4) is 0 Å². The van der Waals surface area contributed by atoms with Gasteiger partial charge in [-0.15, -0.1) is 0 Å². The SMILES string of the molecule is Cc1cccc(C(O)Cc2ccn(C(C)C)n2)c1. The number of nitrogens with zero attached hydrogens (tertiary/aromatic N) is 2. The highest BCUT2D eigenvalue weighted by atomic mass is 16.3. The van der Waals surface area contributed by atoms with Crippen molar-refractivity contribution in [2.75, 3.05) is 0 Å². The van der Waals surface area contributed by atoms with E-state index >= 15 is 0 Å². The molecular weight excluding hydrogens is 224 g/mol. The summed E-state index contributed by atoms with van der Waals surface area (Å²) in [6.45, 7) is 6.21. The predicted octanol–water partition coefficient (Wildman–Crippen LogP) is 3.05. The minimum atomic E-state index is -0.486. The summed E-state index contributed by atoms with van der Waals surface area (Å²) < 4.78 is 1.91. The first kappa shape index (κ1) is 12.8. The molecule has 0 bridgehead atoms. The van der Waals surface area contributed by atoms with Gasteiger partial charge in [0.25, 0.3) is 0 Å². The van der Waals surface area contributed by atoms with E-state index in [1.54, 1.807) is 0 Å². The maximum Gasteiger partial charge on any atom is 0.0846 e. The van der Waals surface area contributed by atoms with Crippen molar-refractivity contribution < 1.29 is 5.11 Å². The van der Waals surface area contributed by atoms with Crippen LogP contribution in [0.15, 0.2) is 36.5 Å². The second-order valence-electron chi connectivity index (χ2n) is 5.01. The maximum absolute atomic E-state index is 10.2. The minimum absolute atomic E-state index is 0.356. The molecule has 0 fully saturated rings. The van der Waals surface area contributed by atoms with E-state index in [1.165, 1.54) is 5.56 Å². The Hall–Kier alpha value is -1.61. The summed E-state index contributed by atoms with van der Waals surface area (Å²) in [6, 6.07) is 10.3. The number of hydrogen-bond donors (Lipinski definition) is 1. The summed E-state index contributed by atoms with van der Waals surface area (Å²) in [5.41, 5.74) is 3.05. The second kappa shape index (κ2) is 5.36. The largest absolute Gasteiger partial charge is 0.388 e. The number of rotatable bonds is 4. The van der Waals surface area contributed by atoms with Crippen molar-refractivity contribution in [2.24, 2.45) is 0 Å². The van der Waals surface area contributed by atoms with E-state index in [-0.39, 0.29) is 0 Å². The highest BCUT2D eigenvalue weighted by Gasteiger charge is 2.11. The third-order valence-electron chi connectivity index (χ3n) is 3.02. The molecule has 1 heterocycles. The van der Waals surface area contributed by atoms with E-state index in [0.717, 1.165) is 11.3 Å². The molecule has 0 amide bonds. The molecular formula is C15H20N2O. The van der Waals surface area contributed by atoms with Gasteiger partial charge in [0, 0.05) is 18.7 Å². The number of aliphatic hydroxyl groups excluding tert-OH is 1. The zero-order valence-corrected chi connectivity index (χ0v) is 11.2. The minimum Gasteiger partial charge on any atom is -0.388 e. The molecule has 0 aliphatic heterocycles. The molecule has 0 radical (unpaired) electrons. The van der Waals surface area contributed by atoms with Crippen LogP contribution in [0.25, 0.3) is 0 Å². The molecule has 1 unspecified atom stereocenters. The van der Waals surface area contributed by atoms with Gasteiger partial charge in [-0.3, -0.25) is 4.68 Å². The highest BCUT2D eigenvalue weighted by Crippen LogP contribution is 2.18. The average Bonchev–Trinajstić information content (AvgIpc) is 2.77. The van der Waals surface area contributed by atoms with Gasteiger partial charge >= 0.3 is 0 Å². The number of aryl methyl sites for hydroxylation is 1. The lowest BCUT2D eigenvalue weighted by Gasteiger charge is -2.10. The average molecular weight is 244 g/mol. The summed E-state index contributed by atoms with van der Waals surface area (Å²) >= 11 is 0. The second-order valence-corrected chi connectivity index (χ2v) is 5.01. The van der Waals surface area contributed by atoms with Crippen LogP contribution >= 0.6 is 0 Å². The monoisotopic (exact) mass is 244 g/mol. The lowest BCUT2D eigenvalue weighted by molar-refractivity contribution is 0.177. The number of aromatic nitrogens is 2. The van der Waals surface area contributed by atoms with Gasteiger partial charge in [-0.2, -0.15) is 5.10 Å². The molecule has 0 saturated heterocycles. The first-order chi connectivity index (χ1) is 8.56. The Morgan fingerprint density at radius 3 is 2.67 bits per heavy atom. The van der Waals surface area contributed by atoms with Gasteiger partial charge in [0.15, 0.2) is 0 Å². The zero-order valence-electron chi connectivity index (χ0n) is 11.2. The first-order valence-corrected chi connectivity index (χ1v) is 6.35. The Balaban J connectivity index is 2.08. The van der Waals surface area contributed by atoms with Crippen LogP contribution in [0.4, 0.5) is 0 Å². The molecule has 0 aliphatic carbocycles. The van der Waals surface area contributed by atoms with Gasteiger partial charge in [-0.05, 0) is 32.4 Å². The molecule has 3 nitrogen and oxygen atoms in total. The van der Waals surface area contributed by atoms with Crippen LogP contribution in [-0.4, -0.2) is 14.9 Å². The Bertz CT molecular complexity index is 517. The number of aliphatic hydroxyl groups is 1. The van der Waals surface area contributed by atoms with E-state index in [4.69, 9.17) is 0 Å². The summed E-state index contributed by atoms with van der Waals surface area (Å²) in [5, 5.41) is 14.7.